The number of benzene rings is 1. The molecule has 0 saturated carbocycles. The van der Waals surface area contributed by atoms with Gasteiger partial charge in [-0.25, -0.2) is 14.3 Å². The standard InChI is InChI=1S/C24H29N7O7S2/c1-4-5-11-38-23(36)25-16(14-9-7-6-8-10-14)18(32)26-24(37-3)20(35)31-17(19(33)34)15(12-39-21(24)31)13-40-22-27-28-29-30(22)2/h6-10,16,21H,4-5,11-13H2,1-3H3,(H,25,36)(H,26,32)(H,33,34). The van der Waals surface area contributed by atoms with Crippen molar-refractivity contribution in [2.24, 2.45) is 7.05 Å². The lowest BCUT2D eigenvalue weighted by Crippen LogP contribution is -2.81. The summed E-state index contributed by atoms with van der Waals surface area (Å²) in [7, 11) is 2.92. The summed E-state index contributed by atoms with van der Waals surface area (Å²) in [6, 6.07) is 7.29. The Morgan fingerprint density at radius 3 is 2.67 bits per heavy atom. The number of carbonyl (C=O) groups excluding carboxylic acids is 3. The quantitative estimate of drug-likeness (QED) is 0.140. The minimum atomic E-state index is -1.84. The average molecular weight is 592 g/mol. The number of nitrogens with zero attached hydrogens (tertiary/aromatic N) is 5. The Morgan fingerprint density at radius 1 is 1.30 bits per heavy atom. The molecular weight excluding hydrogens is 562 g/mol. The molecule has 1 fully saturated rings. The number of carboxylic acids is 1. The number of unbranched alkanes of at least 4 members (excludes halogenated alkanes) is 1. The van der Waals surface area contributed by atoms with E-state index < -0.39 is 41.0 Å². The molecule has 1 saturated heterocycles. The maximum Gasteiger partial charge on any atom is 0.408 e. The summed E-state index contributed by atoms with van der Waals surface area (Å²) >= 11 is 2.50. The van der Waals surface area contributed by atoms with Crippen molar-refractivity contribution in [1.29, 1.82) is 0 Å². The molecule has 1 aromatic carbocycles. The second-order valence-corrected chi connectivity index (χ2v) is 10.9. The van der Waals surface area contributed by atoms with Gasteiger partial charge in [-0.3, -0.25) is 14.5 Å². The number of alkyl carbamates (subject to hydrolysis) is 1. The molecule has 2 aliphatic rings. The summed E-state index contributed by atoms with van der Waals surface area (Å²) in [5, 5.41) is 26.1. The van der Waals surface area contributed by atoms with Crippen molar-refractivity contribution in [3.8, 4) is 0 Å². The highest BCUT2D eigenvalue weighted by atomic mass is 32.2. The van der Waals surface area contributed by atoms with Gasteiger partial charge in [-0.2, -0.15) is 0 Å². The van der Waals surface area contributed by atoms with Gasteiger partial charge in [-0.15, -0.1) is 16.9 Å². The summed E-state index contributed by atoms with van der Waals surface area (Å²) < 4.78 is 12.2. The van der Waals surface area contributed by atoms with Crippen LogP contribution in [0.15, 0.2) is 46.8 Å². The maximum absolute atomic E-state index is 13.5. The topological polar surface area (TPSA) is 178 Å². The van der Waals surface area contributed by atoms with Crippen molar-refractivity contribution >= 4 is 47.4 Å². The molecule has 3 N–H and O–H groups in total. The molecule has 3 unspecified atom stereocenters. The highest BCUT2D eigenvalue weighted by molar-refractivity contribution is 8.01. The van der Waals surface area contributed by atoms with Crippen LogP contribution in [0.25, 0.3) is 0 Å². The summed E-state index contributed by atoms with van der Waals surface area (Å²) in [4.78, 5) is 52.9. The SMILES string of the molecule is CCCCOC(=O)NC(C(=O)NC1(OC)C(=O)N2C(C(=O)O)=C(CSc3nnnn3C)CSC21)c1ccccc1. The van der Waals surface area contributed by atoms with E-state index in [4.69, 9.17) is 9.47 Å². The first kappa shape index (κ1) is 29.4. The van der Waals surface area contributed by atoms with Gasteiger partial charge in [0.2, 0.25) is 11.1 Å². The normalized spacial score (nSPS) is 20.8. The molecule has 14 nitrogen and oxygen atoms in total. The number of rotatable bonds is 12. The fourth-order valence-electron chi connectivity index (χ4n) is 4.22. The number of amides is 3. The number of hydrogen-bond donors (Lipinski definition) is 3. The fourth-order valence-corrected chi connectivity index (χ4v) is 6.65. The molecule has 40 heavy (non-hydrogen) atoms. The molecule has 3 atom stereocenters. The van der Waals surface area contributed by atoms with Crippen LogP contribution in [0.5, 0.6) is 0 Å². The van der Waals surface area contributed by atoms with E-state index in [1.54, 1.807) is 37.4 Å². The number of carboxylic acid groups (broad SMARTS) is 1. The highest BCUT2D eigenvalue weighted by Crippen LogP contribution is 2.47. The number of hydrogen-bond acceptors (Lipinski definition) is 11. The molecule has 16 heteroatoms. The van der Waals surface area contributed by atoms with Gasteiger partial charge in [-0.05, 0) is 28.0 Å². The van der Waals surface area contributed by atoms with Crippen LogP contribution in [0.2, 0.25) is 0 Å². The predicted molar refractivity (Wildman–Crippen MR) is 144 cm³/mol. The van der Waals surface area contributed by atoms with Crippen LogP contribution in [0.1, 0.15) is 31.4 Å². The van der Waals surface area contributed by atoms with Crippen molar-refractivity contribution in [2.45, 2.75) is 42.1 Å². The molecule has 3 heterocycles. The minimum absolute atomic E-state index is 0.171. The summed E-state index contributed by atoms with van der Waals surface area (Å²) in [5.41, 5.74) is -1.04. The summed E-state index contributed by atoms with van der Waals surface area (Å²) in [6.07, 6.45) is 0.712. The van der Waals surface area contributed by atoms with Crippen molar-refractivity contribution in [3.63, 3.8) is 0 Å². The highest BCUT2D eigenvalue weighted by Gasteiger charge is 2.67. The van der Waals surface area contributed by atoms with E-state index in [0.29, 0.717) is 22.7 Å². The van der Waals surface area contributed by atoms with E-state index in [-0.39, 0.29) is 23.8 Å². The predicted octanol–water partition coefficient (Wildman–Crippen LogP) is 1.28. The second-order valence-electron chi connectivity index (χ2n) is 8.88. The van der Waals surface area contributed by atoms with Crippen molar-refractivity contribution in [2.75, 3.05) is 25.2 Å². The van der Waals surface area contributed by atoms with Gasteiger partial charge in [0.25, 0.3) is 11.6 Å². The van der Waals surface area contributed by atoms with Crippen LogP contribution >= 0.6 is 23.5 Å². The van der Waals surface area contributed by atoms with Gasteiger partial charge in [0.05, 0.1) is 6.61 Å². The lowest BCUT2D eigenvalue weighted by molar-refractivity contribution is -0.192. The molecular formula is C24H29N7O7S2. The third-order valence-electron chi connectivity index (χ3n) is 6.29. The second kappa shape index (κ2) is 12.7. The zero-order valence-corrected chi connectivity index (χ0v) is 23.7. The van der Waals surface area contributed by atoms with Crippen LogP contribution in [-0.2, 0) is 30.9 Å². The Hall–Kier alpha value is -3.63. The average Bonchev–Trinajstić information content (AvgIpc) is 3.37. The van der Waals surface area contributed by atoms with Crippen LogP contribution in [0, 0.1) is 0 Å². The maximum atomic E-state index is 13.5. The lowest BCUT2D eigenvalue weighted by Gasteiger charge is -2.56. The number of aromatic nitrogens is 4. The Balaban J connectivity index is 1.54. The van der Waals surface area contributed by atoms with Gasteiger partial charge >= 0.3 is 12.1 Å². The lowest BCUT2D eigenvalue weighted by atomic mass is 9.97. The number of ether oxygens (including phenoxy) is 2. The molecule has 0 bridgehead atoms. The van der Waals surface area contributed by atoms with E-state index in [0.717, 1.165) is 11.3 Å². The molecule has 214 valence electrons. The number of methoxy groups -OCH3 is 1. The zero-order valence-electron chi connectivity index (χ0n) is 22.0. The van der Waals surface area contributed by atoms with E-state index in [1.807, 2.05) is 6.92 Å². The van der Waals surface area contributed by atoms with Crippen LogP contribution < -0.4 is 10.6 Å². The molecule has 0 spiro atoms. The minimum Gasteiger partial charge on any atom is -0.477 e. The number of fused-ring (bicyclic) bond motifs is 1. The first-order chi connectivity index (χ1) is 19.2. The molecule has 2 aliphatic heterocycles. The Bertz CT molecular complexity index is 1310. The monoisotopic (exact) mass is 591 g/mol. The molecule has 0 aliphatic carbocycles. The van der Waals surface area contributed by atoms with E-state index >= 15 is 0 Å². The van der Waals surface area contributed by atoms with Crippen molar-refractivity contribution in [1.82, 2.24) is 35.7 Å². The number of aryl methyl sites for hydroxylation is 1. The largest absolute Gasteiger partial charge is 0.477 e. The fraction of sp³-hybridized carbons (Fsp3) is 0.458. The van der Waals surface area contributed by atoms with Gasteiger partial charge in [0, 0.05) is 25.7 Å². The van der Waals surface area contributed by atoms with Gasteiger partial charge in [0.1, 0.15) is 17.1 Å². The van der Waals surface area contributed by atoms with Crippen molar-refractivity contribution < 1.29 is 33.8 Å². The molecule has 2 aromatic rings. The van der Waals surface area contributed by atoms with Crippen molar-refractivity contribution in [3.05, 3.63) is 47.2 Å². The van der Waals surface area contributed by atoms with E-state index in [2.05, 4.69) is 26.2 Å². The molecule has 1 aromatic heterocycles. The molecule has 4 rings (SSSR count). The first-order valence-corrected chi connectivity index (χ1v) is 14.4. The number of β-lactam (4-membered cyclic amide) rings is 1. The smallest absolute Gasteiger partial charge is 0.408 e. The summed E-state index contributed by atoms with van der Waals surface area (Å²) in [6.45, 7) is 2.15. The number of tetrazole rings is 1. The van der Waals surface area contributed by atoms with E-state index in [1.165, 1.54) is 35.3 Å². The Kier molecular flexibility index (Phi) is 9.32. The Morgan fingerprint density at radius 2 is 2.05 bits per heavy atom. The Labute approximate surface area is 238 Å². The number of nitrogens with one attached hydrogen (secondary N) is 2. The zero-order chi connectivity index (χ0) is 28.9. The van der Waals surface area contributed by atoms with Gasteiger partial charge in [-0.1, -0.05) is 55.4 Å². The third kappa shape index (κ3) is 5.78. The van der Waals surface area contributed by atoms with Crippen LogP contribution in [-0.4, -0.2) is 90.4 Å². The summed E-state index contributed by atoms with van der Waals surface area (Å²) in [5.74, 6) is -2.23. The number of aliphatic carboxylic acids is 1. The molecule has 0 radical (unpaired) electrons. The molecule has 3 amide bonds. The van der Waals surface area contributed by atoms with E-state index in [9.17, 15) is 24.3 Å². The van der Waals surface area contributed by atoms with Crippen LogP contribution in [0.3, 0.4) is 0 Å². The van der Waals surface area contributed by atoms with Crippen LogP contribution in [0.4, 0.5) is 4.79 Å². The van der Waals surface area contributed by atoms with Gasteiger partial charge in [0.15, 0.2) is 0 Å². The first-order valence-electron chi connectivity index (χ1n) is 12.3. The third-order valence-corrected chi connectivity index (χ3v) is 8.76. The number of thioether (sulfide) groups is 2. The van der Waals surface area contributed by atoms with Gasteiger partial charge < -0.3 is 25.2 Å². The number of carbonyl (C=O) groups is 4.